The van der Waals surface area contributed by atoms with Gasteiger partial charge in [0.25, 0.3) is 0 Å². The molecule has 2 aliphatic rings. The molecule has 2 saturated carbocycles. The molecule has 5 heteroatoms. The molecule has 0 saturated heterocycles. The molecule has 0 bridgehead atoms. The van der Waals surface area contributed by atoms with E-state index in [-0.39, 0.29) is 22.8 Å². The first-order chi connectivity index (χ1) is 12.1. The van der Waals surface area contributed by atoms with Gasteiger partial charge in [0.1, 0.15) is 12.8 Å². The first kappa shape index (κ1) is 18.6. The molecule has 138 valence electrons. The van der Waals surface area contributed by atoms with Gasteiger partial charge in [-0.2, -0.15) is 0 Å². The van der Waals surface area contributed by atoms with Crippen LogP contribution >= 0.6 is 7.14 Å². The van der Waals surface area contributed by atoms with E-state index in [0.29, 0.717) is 0 Å². The van der Waals surface area contributed by atoms with Crippen molar-refractivity contribution < 1.29 is 9.49 Å². The van der Waals surface area contributed by atoms with E-state index in [1.165, 1.54) is 12.8 Å². The second-order valence-corrected chi connectivity index (χ2v) is 11.4. The van der Waals surface area contributed by atoms with Crippen molar-refractivity contribution >= 4 is 7.14 Å². The average Bonchev–Trinajstić information content (AvgIpc) is 2.67. The Hall–Kier alpha value is -1.15. The van der Waals surface area contributed by atoms with E-state index in [9.17, 15) is 14.7 Å². The van der Waals surface area contributed by atoms with Crippen LogP contribution in [0, 0.1) is 10.1 Å². The summed E-state index contributed by atoms with van der Waals surface area (Å²) >= 11 is 0. The Morgan fingerprint density at radius 1 is 0.920 bits per heavy atom. The maximum atomic E-state index is 14.7. The molecule has 1 unspecified atom stereocenters. The summed E-state index contributed by atoms with van der Waals surface area (Å²) in [6, 6.07) is 9.68. The lowest BCUT2D eigenvalue weighted by molar-refractivity contribution is -0.480. The maximum Gasteiger partial charge on any atom is 0.217 e. The largest absolute Gasteiger partial charge is 0.322 e. The summed E-state index contributed by atoms with van der Waals surface area (Å²) < 4.78 is 14.7. The molecule has 0 radical (unpaired) electrons. The van der Waals surface area contributed by atoms with Crippen molar-refractivity contribution in [1.82, 2.24) is 0 Å². The van der Waals surface area contributed by atoms with E-state index >= 15 is 0 Å². The normalized spacial score (nSPS) is 21.8. The van der Waals surface area contributed by atoms with Crippen LogP contribution in [0.15, 0.2) is 30.3 Å². The number of nitrogens with zero attached hydrogens (tertiary/aromatic N) is 1. The highest BCUT2D eigenvalue weighted by molar-refractivity contribution is 7.65. The van der Waals surface area contributed by atoms with Crippen LogP contribution in [-0.4, -0.2) is 22.8 Å². The third-order valence-corrected chi connectivity index (χ3v) is 11.0. The molecule has 1 aromatic carbocycles. The number of rotatable bonds is 6. The SMILES string of the molecule is O=[N+]([O-])CC(c1ccccc1)P(=O)(C1CCCCC1)C1CCCCC1. The summed E-state index contributed by atoms with van der Waals surface area (Å²) in [5.74, 6) is 0. The second-order valence-electron chi connectivity index (χ2n) is 7.79. The highest BCUT2D eigenvalue weighted by Crippen LogP contribution is 2.71. The van der Waals surface area contributed by atoms with Crippen molar-refractivity contribution in [3.05, 3.63) is 46.0 Å². The standard InChI is InChI=1S/C20H30NO3P/c22-21(23)16-20(17-10-4-1-5-11-17)25(24,18-12-6-2-7-13-18)19-14-8-3-9-15-19/h1,4-5,10-11,18-20H,2-3,6-9,12-16H2. The van der Waals surface area contributed by atoms with Crippen LogP contribution in [0.1, 0.15) is 75.4 Å². The predicted molar refractivity (Wildman–Crippen MR) is 102 cm³/mol. The van der Waals surface area contributed by atoms with Gasteiger partial charge in [0.15, 0.2) is 0 Å². The molecular formula is C20H30NO3P. The molecule has 0 amide bonds. The van der Waals surface area contributed by atoms with Gasteiger partial charge in [0.05, 0.1) is 0 Å². The lowest BCUT2D eigenvalue weighted by atomic mass is 9.99. The molecule has 0 aliphatic heterocycles. The first-order valence-corrected chi connectivity index (χ1v) is 11.8. The number of hydrogen-bond acceptors (Lipinski definition) is 3. The number of hydrogen-bond donors (Lipinski definition) is 0. The summed E-state index contributed by atoms with van der Waals surface area (Å²) in [5.41, 5.74) is 0.887. The fourth-order valence-corrected chi connectivity index (χ4v) is 10.0. The Morgan fingerprint density at radius 2 is 1.40 bits per heavy atom. The third kappa shape index (κ3) is 4.16. The minimum atomic E-state index is -2.70. The quantitative estimate of drug-likeness (QED) is 0.352. The first-order valence-electron chi connectivity index (χ1n) is 9.88. The fraction of sp³-hybridized carbons (Fsp3) is 0.700. The summed E-state index contributed by atoms with van der Waals surface area (Å²) in [5, 5.41) is 11.5. The molecule has 0 N–H and O–H groups in total. The zero-order valence-corrected chi connectivity index (χ0v) is 15.9. The van der Waals surface area contributed by atoms with Crippen LogP contribution in [0.4, 0.5) is 0 Å². The number of benzene rings is 1. The molecule has 0 spiro atoms. The van der Waals surface area contributed by atoms with Crippen LogP contribution in [0.5, 0.6) is 0 Å². The van der Waals surface area contributed by atoms with E-state index in [4.69, 9.17) is 0 Å². The molecule has 25 heavy (non-hydrogen) atoms. The van der Waals surface area contributed by atoms with Gasteiger partial charge in [-0.1, -0.05) is 68.9 Å². The number of nitro groups is 1. The molecule has 0 aromatic heterocycles. The fourth-order valence-electron chi connectivity index (χ4n) is 5.06. The molecule has 1 atom stereocenters. The molecule has 0 heterocycles. The third-order valence-electron chi connectivity index (χ3n) is 6.28. The van der Waals surface area contributed by atoms with Crippen LogP contribution < -0.4 is 0 Å². The summed E-state index contributed by atoms with van der Waals surface area (Å²) in [7, 11) is -2.70. The van der Waals surface area contributed by atoms with Crippen LogP contribution in [-0.2, 0) is 4.57 Å². The zero-order chi connectivity index (χ0) is 17.7. The van der Waals surface area contributed by atoms with Gasteiger partial charge in [-0.25, -0.2) is 0 Å². The predicted octanol–water partition coefficient (Wildman–Crippen LogP) is 6.03. The minimum absolute atomic E-state index is 0.186. The van der Waals surface area contributed by atoms with Crippen LogP contribution in [0.25, 0.3) is 0 Å². The molecule has 4 nitrogen and oxygen atoms in total. The monoisotopic (exact) mass is 363 g/mol. The lowest BCUT2D eigenvalue weighted by Gasteiger charge is -2.41. The van der Waals surface area contributed by atoms with E-state index < -0.39 is 12.8 Å². The van der Waals surface area contributed by atoms with Crippen LogP contribution in [0.2, 0.25) is 0 Å². The van der Waals surface area contributed by atoms with Crippen molar-refractivity contribution in [3.63, 3.8) is 0 Å². The van der Waals surface area contributed by atoms with Crippen molar-refractivity contribution in [2.45, 2.75) is 81.2 Å². The van der Waals surface area contributed by atoms with Crippen LogP contribution in [0.3, 0.4) is 0 Å². The maximum absolute atomic E-state index is 14.7. The zero-order valence-electron chi connectivity index (χ0n) is 15.0. The van der Waals surface area contributed by atoms with Gasteiger partial charge >= 0.3 is 0 Å². The average molecular weight is 363 g/mol. The highest BCUT2D eigenvalue weighted by atomic mass is 31.2. The Kier molecular flexibility index (Phi) is 6.33. The Balaban J connectivity index is 2.02. The molecule has 2 fully saturated rings. The smallest absolute Gasteiger partial charge is 0.217 e. The summed E-state index contributed by atoms with van der Waals surface area (Å²) in [6.45, 7) is -0.186. The van der Waals surface area contributed by atoms with Gasteiger partial charge < -0.3 is 4.57 Å². The highest BCUT2D eigenvalue weighted by Gasteiger charge is 2.49. The molecule has 3 rings (SSSR count). The van der Waals surface area contributed by atoms with Crippen molar-refractivity contribution in [2.24, 2.45) is 0 Å². The molecule has 2 aliphatic carbocycles. The van der Waals surface area contributed by atoms with E-state index in [1.54, 1.807) is 0 Å². The van der Waals surface area contributed by atoms with Crippen molar-refractivity contribution in [2.75, 3.05) is 6.54 Å². The lowest BCUT2D eigenvalue weighted by Crippen LogP contribution is -2.29. The van der Waals surface area contributed by atoms with Crippen molar-refractivity contribution in [1.29, 1.82) is 0 Å². The van der Waals surface area contributed by atoms with Gasteiger partial charge in [-0.15, -0.1) is 0 Å². The Labute approximate surface area is 150 Å². The van der Waals surface area contributed by atoms with Gasteiger partial charge in [0.2, 0.25) is 6.54 Å². The summed E-state index contributed by atoms with van der Waals surface area (Å²) in [4.78, 5) is 11.2. The Morgan fingerprint density at radius 3 is 1.84 bits per heavy atom. The van der Waals surface area contributed by atoms with Gasteiger partial charge in [0, 0.05) is 16.2 Å². The summed E-state index contributed by atoms with van der Waals surface area (Å²) in [6.07, 6.45) is 10.9. The van der Waals surface area contributed by atoms with Gasteiger partial charge in [-0.05, 0) is 31.2 Å². The van der Waals surface area contributed by atoms with E-state index in [2.05, 4.69) is 0 Å². The minimum Gasteiger partial charge on any atom is -0.322 e. The topological polar surface area (TPSA) is 60.2 Å². The second kappa shape index (κ2) is 8.49. The van der Waals surface area contributed by atoms with Gasteiger partial charge in [-0.3, -0.25) is 10.1 Å². The molecular weight excluding hydrogens is 333 g/mol. The van der Waals surface area contributed by atoms with E-state index in [1.807, 2.05) is 30.3 Å². The Bertz CT molecular complexity index is 585. The van der Waals surface area contributed by atoms with E-state index in [0.717, 1.165) is 56.9 Å². The molecule has 1 aromatic rings. The van der Waals surface area contributed by atoms with Crippen molar-refractivity contribution in [3.8, 4) is 0 Å².